The zero-order chi connectivity index (χ0) is 24.5. The van der Waals surface area contributed by atoms with E-state index in [4.69, 9.17) is 4.98 Å². The molecule has 0 bridgehead atoms. The molecule has 1 amide bonds. The Morgan fingerprint density at radius 2 is 1.77 bits per heavy atom. The van der Waals surface area contributed by atoms with Gasteiger partial charge in [0, 0.05) is 24.0 Å². The molecule has 7 heteroatoms. The van der Waals surface area contributed by atoms with Crippen molar-refractivity contribution in [2.75, 3.05) is 13.1 Å². The quantitative estimate of drug-likeness (QED) is 0.242. The molecule has 5 rings (SSSR count). The number of thioether (sulfide) groups is 1. The molecular weight excluding hydrogens is 474 g/mol. The molecule has 4 aromatic rings. The number of aromatic nitrogens is 2. The van der Waals surface area contributed by atoms with Crippen LogP contribution in [0.25, 0.3) is 27.0 Å². The number of benzene rings is 2. The number of hydrogen-bond donors (Lipinski definition) is 0. The minimum Gasteiger partial charge on any atom is -0.342 e. The zero-order valence-corrected chi connectivity index (χ0v) is 21.9. The van der Waals surface area contributed by atoms with E-state index in [1.54, 1.807) is 4.57 Å². The maximum Gasteiger partial charge on any atom is 0.268 e. The lowest BCUT2D eigenvalue weighted by Crippen LogP contribution is -2.42. The fourth-order valence-corrected chi connectivity index (χ4v) is 6.60. The number of fused-ring (bicyclic) bond motifs is 1. The van der Waals surface area contributed by atoms with Crippen LogP contribution in [-0.4, -0.2) is 38.7 Å². The van der Waals surface area contributed by atoms with E-state index in [-0.39, 0.29) is 16.7 Å². The largest absolute Gasteiger partial charge is 0.342 e. The Morgan fingerprint density at radius 1 is 1.09 bits per heavy atom. The van der Waals surface area contributed by atoms with Crippen LogP contribution in [0.1, 0.15) is 32.3 Å². The van der Waals surface area contributed by atoms with E-state index in [9.17, 15) is 9.59 Å². The SMILES string of the molecule is Cc1ccccc1-n1c(SC(C)C(=O)N2CCC(C)CC2)nc2scc(-c3ccccc3)c2c1=O. The minimum atomic E-state index is -0.336. The summed E-state index contributed by atoms with van der Waals surface area (Å²) in [5.74, 6) is 0.777. The van der Waals surface area contributed by atoms with E-state index in [1.165, 1.54) is 23.1 Å². The van der Waals surface area contributed by atoms with Gasteiger partial charge < -0.3 is 4.90 Å². The number of para-hydroxylation sites is 1. The number of aryl methyl sites for hydroxylation is 1. The van der Waals surface area contributed by atoms with Gasteiger partial charge in [0.05, 0.1) is 16.3 Å². The first-order chi connectivity index (χ1) is 16.9. The number of thiophene rings is 1. The third-order valence-corrected chi connectivity index (χ3v) is 8.66. The van der Waals surface area contributed by atoms with Gasteiger partial charge in [-0.05, 0) is 49.8 Å². The first kappa shape index (κ1) is 23.8. The van der Waals surface area contributed by atoms with Crippen molar-refractivity contribution in [2.45, 2.75) is 44.0 Å². The first-order valence-electron chi connectivity index (χ1n) is 12.0. The number of amides is 1. The smallest absolute Gasteiger partial charge is 0.268 e. The summed E-state index contributed by atoms with van der Waals surface area (Å²) in [4.78, 5) is 34.9. The van der Waals surface area contributed by atoms with Gasteiger partial charge in [-0.2, -0.15) is 0 Å². The molecule has 1 aliphatic heterocycles. The zero-order valence-electron chi connectivity index (χ0n) is 20.2. The fourth-order valence-electron chi connectivity index (χ4n) is 4.60. The molecule has 1 fully saturated rings. The number of likely N-dealkylation sites (tertiary alicyclic amines) is 1. The van der Waals surface area contributed by atoms with Gasteiger partial charge in [0.15, 0.2) is 5.16 Å². The van der Waals surface area contributed by atoms with E-state index >= 15 is 0 Å². The average molecular weight is 504 g/mol. The second-order valence-electron chi connectivity index (χ2n) is 9.28. The molecule has 0 N–H and O–H groups in total. The Balaban J connectivity index is 1.60. The maximum absolute atomic E-state index is 14.1. The van der Waals surface area contributed by atoms with Gasteiger partial charge >= 0.3 is 0 Å². The van der Waals surface area contributed by atoms with Crippen LogP contribution in [0.4, 0.5) is 0 Å². The van der Waals surface area contributed by atoms with Gasteiger partial charge in [-0.1, -0.05) is 67.2 Å². The molecule has 35 heavy (non-hydrogen) atoms. The second-order valence-corrected chi connectivity index (χ2v) is 11.5. The summed E-state index contributed by atoms with van der Waals surface area (Å²) in [7, 11) is 0. The number of rotatable bonds is 5. The van der Waals surface area contributed by atoms with Gasteiger partial charge in [-0.3, -0.25) is 14.2 Å². The number of piperidine rings is 1. The van der Waals surface area contributed by atoms with Gasteiger partial charge in [0.25, 0.3) is 5.56 Å². The predicted octanol–water partition coefficient (Wildman–Crippen LogP) is 6.16. The summed E-state index contributed by atoms with van der Waals surface area (Å²) in [5, 5.41) is 2.85. The van der Waals surface area contributed by atoms with E-state index in [0.29, 0.717) is 21.3 Å². The lowest BCUT2D eigenvalue weighted by Gasteiger charge is -2.32. The van der Waals surface area contributed by atoms with Gasteiger partial charge in [0.1, 0.15) is 4.83 Å². The Bertz CT molecular complexity index is 1420. The molecule has 1 unspecified atom stereocenters. The van der Waals surface area contributed by atoms with Crippen LogP contribution in [0.3, 0.4) is 0 Å². The lowest BCUT2D eigenvalue weighted by molar-refractivity contribution is -0.131. The van der Waals surface area contributed by atoms with Crippen LogP contribution in [0.2, 0.25) is 0 Å². The van der Waals surface area contributed by atoms with Crippen LogP contribution in [0.15, 0.2) is 69.9 Å². The Hall–Kier alpha value is -2.90. The second kappa shape index (κ2) is 9.99. The fraction of sp³-hybridized carbons (Fsp3) is 0.321. The highest BCUT2D eigenvalue weighted by atomic mass is 32.2. The number of carbonyl (C=O) groups excluding carboxylic acids is 1. The summed E-state index contributed by atoms with van der Waals surface area (Å²) in [6.07, 6.45) is 2.08. The van der Waals surface area contributed by atoms with Crippen LogP contribution in [0.5, 0.6) is 0 Å². The highest BCUT2D eigenvalue weighted by Gasteiger charge is 2.28. The molecule has 180 valence electrons. The van der Waals surface area contributed by atoms with Gasteiger partial charge in [0.2, 0.25) is 5.91 Å². The summed E-state index contributed by atoms with van der Waals surface area (Å²) in [6.45, 7) is 7.76. The molecule has 1 atom stereocenters. The highest BCUT2D eigenvalue weighted by molar-refractivity contribution is 8.00. The van der Waals surface area contributed by atoms with Crippen LogP contribution < -0.4 is 5.56 Å². The number of carbonyl (C=O) groups is 1. The summed E-state index contributed by atoms with van der Waals surface area (Å²) in [5.41, 5.74) is 3.58. The molecule has 1 saturated heterocycles. The summed E-state index contributed by atoms with van der Waals surface area (Å²) < 4.78 is 1.70. The summed E-state index contributed by atoms with van der Waals surface area (Å²) in [6, 6.07) is 17.8. The van der Waals surface area contributed by atoms with Crippen molar-refractivity contribution in [1.82, 2.24) is 14.5 Å². The Kier molecular flexibility index (Phi) is 6.80. The topological polar surface area (TPSA) is 55.2 Å². The van der Waals surface area contributed by atoms with Crippen molar-refractivity contribution in [2.24, 2.45) is 5.92 Å². The molecule has 3 heterocycles. The highest BCUT2D eigenvalue weighted by Crippen LogP contribution is 2.34. The van der Waals surface area contributed by atoms with Crippen LogP contribution >= 0.6 is 23.1 Å². The molecule has 0 aliphatic carbocycles. The van der Waals surface area contributed by atoms with Crippen molar-refractivity contribution in [3.8, 4) is 16.8 Å². The van der Waals surface area contributed by atoms with E-state index in [1.807, 2.05) is 78.7 Å². The molecule has 0 radical (unpaired) electrons. The molecule has 2 aromatic carbocycles. The Labute approximate surface area is 213 Å². The molecular formula is C28H29N3O2S2. The summed E-state index contributed by atoms with van der Waals surface area (Å²) >= 11 is 2.85. The van der Waals surface area contributed by atoms with E-state index in [2.05, 4.69) is 6.92 Å². The van der Waals surface area contributed by atoms with Crippen molar-refractivity contribution < 1.29 is 4.79 Å². The van der Waals surface area contributed by atoms with Crippen molar-refractivity contribution in [3.63, 3.8) is 0 Å². The number of hydrogen-bond acceptors (Lipinski definition) is 5. The third-order valence-electron chi connectivity index (χ3n) is 6.74. The van der Waals surface area contributed by atoms with Crippen molar-refractivity contribution >= 4 is 39.2 Å². The van der Waals surface area contributed by atoms with E-state index in [0.717, 1.165) is 48.3 Å². The first-order valence-corrected chi connectivity index (χ1v) is 13.8. The van der Waals surface area contributed by atoms with E-state index < -0.39 is 0 Å². The third kappa shape index (κ3) is 4.67. The molecule has 5 nitrogen and oxygen atoms in total. The van der Waals surface area contributed by atoms with Gasteiger partial charge in [-0.15, -0.1) is 11.3 Å². The van der Waals surface area contributed by atoms with Crippen molar-refractivity contribution in [3.05, 3.63) is 75.9 Å². The van der Waals surface area contributed by atoms with Crippen molar-refractivity contribution in [1.29, 1.82) is 0 Å². The minimum absolute atomic E-state index is 0.0988. The van der Waals surface area contributed by atoms with Crippen LogP contribution in [0, 0.1) is 12.8 Å². The molecule has 0 saturated carbocycles. The average Bonchev–Trinajstić information content (AvgIpc) is 3.30. The standard InChI is InChI=1S/C28H29N3O2S2/c1-18-13-15-30(16-14-18)26(32)20(3)35-28-29-25-24(22(17-34-25)21-10-5-4-6-11-21)27(33)31(28)23-12-8-7-9-19(23)2/h4-12,17-18,20H,13-16H2,1-3H3. The maximum atomic E-state index is 14.1. The molecule has 2 aromatic heterocycles. The molecule has 0 spiro atoms. The molecule has 1 aliphatic rings. The monoisotopic (exact) mass is 503 g/mol. The lowest BCUT2D eigenvalue weighted by atomic mass is 9.99. The normalized spacial score (nSPS) is 15.5. The predicted molar refractivity (Wildman–Crippen MR) is 146 cm³/mol. The Morgan fingerprint density at radius 3 is 2.49 bits per heavy atom. The van der Waals surface area contributed by atoms with Gasteiger partial charge in [-0.25, -0.2) is 4.98 Å². The van der Waals surface area contributed by atoms with Crippen LogP contribution in [-0.2, 0) is 4.79 Å². The number of nitrogens with zero attached hydrogens (tertiary/aromatic N) is 3.